The largest absolute Gasteiger partial charge is 0.493 e. The summed E-state index contributed by atoms with van der Waals surface area (Å²) < 4.78 is 12.5. The number of piperidine rings is 1. The van der Waals surface area contributed by atoms with Gasteiger partial charge in [0.05, 0.1) is 19.9 Å². The maximum absolute atomic E-state index is 14.0. The molecular weight excluding hydrogens is 446 g/mol. The van der Waals surface area contributed by atoms with E-state index in [-0.39, 0.29) is 17.2 Å². The van der Waals surface area contributed by atoms with Crippen LogP contribution >= 0.6 is 0 Å². The zero-order chi connectivity index (χ0) is 25.4. The third-order valence-corrected chi connectivity index (χ3v) is 7.11. The van der Waals surface area contributed by atoms with E-state index in [0.717, 1.165) is 23.2 Å². The zero-order valence-electron chi connectivity index (χ0n) is 21.7. The third-order valence-electron chi connectivity index (χ3n) is 7.11. The topological polar surface area (TPSA) is 97.7 Å². The number of nitrogens with one attached hydrogen (secondary N) is 2. The lowest BCUT2D eigenvalue weighted by Crippen LogP contribution is -2.64. The molecule has 2 N–H and O–H groups in total. The summed E-state index contributed by atoms with van der Waals surface area (Å²) in [5, 5.41) is 11.0. The highest BCUT2D eigenvalue weighted by Crippen LogP contribution is 2.34. The number of nitrogens with zero attached hydrogens (tertiary/aromatic N) is 3. The van der Waals surface area contributed by atoms with Crippen LogP contribution in [0.1, 0.15) is 60.9 Å². The van der Waals surface area contributed by atoms with Crippen molar-refractivity contribution in [2.75, 3.05) is 33.9 Å². The number of aromatic nitrogens is 2. The van der Waals surface area contributed by atoms with Crippen LogP contribution in [0.4, 0.5) is 0 Å². The van der Waals surface area contributed by atoms with Crippen LogP contribution in [0.3, 0.4) is 0 Å². The molecule has 1 saturated heterocycles. The molecule has 1 aromatic heterocycles. The van der Waals surface area contributed by atoms with E-state index in [1.807, 2.05) is 23.1 Å². The number of benzene rings is 1. The average molecular weight is 484 g/mol. The number of fused-ring (bicyclic) bond motifs is 1. The van der Waals surface area contributed by atoms with Gasteiger partial charge in [-0.1, -0.05) is 20.8 Å². The Balaban J connectivity index is 1.59. The minimum atomic E-state index is -0.956. The van der Waals surface area contributed by atoms with Gasteiger partial charge in [-0.2, -0.15) is 5.10 Å². The van der Waals surface area contributed by atoms with E-state index >= 15 is 0 Å². The first-order valence-electron chi connectivity index (χ1n) is 12.2. The minimum absolute atomic E-state index is 0.0361. The van der Waals surface area contributed by atoms with E-state index < -0.39 is 5.54 Å². The molecule has 0 atom stereocenters. The summed E-state index contributed by atoms with van der Waals surface area (Å²) in [4.78, 5) is 29.3. The molecule has 3 heterocycles. The van der Waals surface area contributed by atoms with Crippen molar-refractivity contribution < 1.29 is 19.1 Å². The Hall–Kier alpha value is -3.07. The van der Waals surface area contributed by atoms with Crippen molar-refractivity contribution in [1.82, 2.24) is 25.3 Å². The van der Waals surface area contributed by atoms with Crippen molar-refractivity contribution in [3.63, 3.8) is 0 Å². The summed E-state index contributed by atoms with van der Waals surface area (Å²) >= 11 is 0. The summed E-state index contributed by atoms with van der Waals surface area (Å²) in [6.45, 7) is 8.58. The van der Waals surface area contributed by atoms with Gasteiger partial charge in [-0.3, -0.25) is 14.3 Å². The van der Waals surface area contributed by atoms with E-state index in [2.05, 4.69) is 36.5 Å². The van der Waals surface area contributed by atoms with Crippen molar-refractivity contribution in [2.45, 2.75) is 57.5 Å². The van der Waals surface area contributed by atoms with Crippen molar-refractivity contribution >= 4 is 11.8 Å². The number of ether oxygens (including phenoxy) is 2. The predicted octanol–water partition coefficient (Wildman–Crippen LogP) is 2.17. The fraction of sp³-hybridized carbons (Fsp3) is 0.577. The van der Waals surface area contributed by atoms with E-state index in [9.17, 15) is 9.59 Å². The molecular formula is C26H37N5O4. The van der Waals surface area contributed by atoms with E-state index in [1.165, 1.54) is 0 Å². The van der Waals surface area contributed by atoms with Gasteiger partial charge in [-0.25, -0.2) is 0 Å². The maximum atomic E-state index is 14.0. The Labute approximate surface area is 207 Å². The number of methoxy groups -OCH3 is 2. The Bertz CT molecular complexity index is 1110. The Morgan fingerprint density at radius 3 is 2.26 bits per heavy atom. The number of amides is 2. The molecule has 0 bridgehead atoms. The first-order valence-corrected chi connectivity index (χ1v) is 12.2. The van der Waals surface area contributed by atoms with Crippen LogP contribution in [-0.4, -0.2) is 65.9 Å². The molecule has 190 valence electrons. The monoisotopic (exact) mass is 483 g/mol. The summed E-state index contributed by atoms with van der Waals surface area (Å²) in [6.07, 6.45) is 1.80. The highest BCUT2D eigenvalue weighted by atomic mass is 16.5. The highest BCUT2D eigenvalue weighted by molar-refractivity contribution is 5.98. The molecule has 1 fully saturated rings. The zero-order valence-corrected chi connectivity index (χ0v) is 21.7. The second-order valence-corrected chi connectivity index (χ2v) is 10.5. The lowest BCUT2D eigenvalue weighted by atomic mass is 9.85. The standard InChI is InChI=1S/C26H37N5O4/c1-25(2,3)22-15-19(30(4)29-22)23(32)28-26(8-10-27-11-9-26)24(33)31-12-7-17-13-20(34-5)21(35-6)14-18(17)16-31/h13-15,27H,7-12,16H2,1-6H3,(H,28,32). The molecule has 0 unspecified atom stereocenters. The Morgan fingerprint density at radius 1 is 1.06 bits per heavy atom. The molecule has 2 aliphatic heterocycles. The molecule has 4 rings (SSSR count). The molecule has 2 aliphatic rings. The van der Waals surface area contributed by atoms with Gasteiger partial charge in [0.1, 0.15) is 11.2 Å². The first kappa shape index (κ1) is 25.0. The molecule has 9 heteroatoms. The molecule has 0 spiro atoms. The van der Waals surface area contributed by atoms with Gasteiger partial charge in [0.15, 0.2) is 11.5 Å². The third kappa shape index (κ3) is 4.87. The Kier molecular flexibility index (Phi) is 6.81. The van der Waals surface area contributed by atoms with Crippen LogP contribution in [0.5, 0.6) is 11.5 Å². The van der Waals surface area contributed by atoms with Crippen molar-refractivity contribution in [3.8, 4) is 11.5 Å². The van der Waals surface area contributed by atoms with Crippen LogP contribution < -0.4 is 20.1 Å². The summed E-state index contributed by atoms with van der Waals surface area (Å²) in [5.74, 6) is 1.04. The molecule has 0 radical (unpaired) electrons. The van der Waals surface area contributed by atoms with E-state index in [0.29, 0.717) is 56.2 Å². The van der Waals surface area contributed by atoms with Gasteiger partial charge >= 0.3 is 0 Å². The molecule has 2 aromatic rings. The molecule has 1 aromatic carbocycles. The van der Waals surface area contributed by atoms with Gasteiger partial charge < -0.3 is 25.0 Å². The summed E-state index contributed by atoms with van der Waals surface area (Å²) in [7, 11) is 5.00. The molecule has 35 heavy (non-hydrogen) atoms. The lowest BCUT2D eigenvalue weighted by molar-refractivity contribution is -0.140. The normalized spacial score (nSPS) is 17.5. The fourth-order valence-electron chi connectivity index (χ4n) is 4.93. The van der Waals surface area contributed by atoms with Gasteiger partial charge in [-0.15, -0.1) is 0 Å². The first-order chi connectivity index (χ1) is 16.6. The van der Waals surface area contributed by atoms with Crippen molar-refractivity contribution in [1.29, 1.82) is 0 Å². The van der Waals surface area contributed by atoms with Crippen LogP contribution in [-0.2, 0) is 30.2 Å². The predicted molar refractivity (Wildman–Crippen MR) is 133 cm³/mol. The molecule has 9 nitrogen and oxygen atoms in total. The minimum Gasteiger partial charge on any atom is -0.493 e. The maximum Gasteiger partial charge on any atom is 0.270 e. The Morgan fingerprint density at radius 2 is 1.69 bits per heavy atom. The number of carbonyl (C=O) groups is 2. The number of rotatable bonds is 5. The summed E-state index contributed by atoms with van der Waals surface area (Å²) in [6, 6.07) is 5.77. The second kappa shape index (κ2) is 9.53. The number of carbonyl (C=O) groups excluding carboxylic acids is 2. The second-order valence-electron chi connectivity index (χ2n) is 10.5. The quantitative estimate of drug-likeness (QED) is 0.677. The van der Waals surface area contributed by atoms with Crippen LogP contribution in [0.2, 0.25) is 0 Å². The van der Waals surface area contributed by atoms with Crippen molar-refractivity contribution in [3.05, 3.63) is 40.7 Å². The SMILES string of the molecule is COc1cc2c(cc1OC)CN(C(=O)C1(NC(=O)c3cc(C(C)(C)C)nn3C)CCNCC1)CC2. The van der Waals surface area contributed by atoms with Crippen LogP contribution in [0, 0.1) is 0 Å². The smallest absolute Gasteiger partial charge is 0.270 e. The van der Waals surface area contributed by atoms with E-state index in [4.69, 9.17) is 9.47 Å². The van der Waals surface area contributed by atoms with Gasteiger partial charge in [0, 0.05) is 25.6 Å². The van der Waals surface area contributed by atoms with Gasteiger partial charge in [0.25, 0.3) is 5.91 Å². The van der Waals surface area contributed by atoms with Gasteiger partial charge in [0.2, 0.25) is 5.91 Å². The molecule has 0 aliphatic carbocycles. The van der Waals surface area contributed by atoms with Crippen molar-refractivity contribution in [2.24, 2.45) is 7.05 Å². The highest BCUT2D eigenvalue weighted by Gasteiger charge is 2.44. The van der Waals surface area contributed by atoms with Crippen LogP contribution in [0.15, 0.2) is 18.2 Å². The van der Waals surface area contributed by atoms with E-state index in [1.54, 1.807) is 25.9 Å². The fourth-order valence-corrected chi connectivity index (χ4v) is 4.93. The average Bonchev–Trinajstić information content (AvgIpc) is 3.25. The number of aryl methyl sites for hydroxylation is 1. The molecule has 0 saturated carbocycles. The number of hydrogen-bond donors (Lipinski definition) is 2. The molecule has 2 amide bonds. The lowest BCUT2D eigenvalue weighted by Gasteiger charge is -2.42. The number of hydrogen-bond acceptors (Lipinski definition) is 6. The summed E-state index contributed by atoms with van der Waals surface area (Å²) in [5.41, 5.74) is 2.36. The van der Waals surface area contributed by atoms with Crippen LogP contribution in [0.25, 0.3) is 0 Å². The van der Waals surface area contributed by atoms with Gasteiger partial charge in [-0.05, 0) is 61.7 Å².